The molecular weight excluding hydrogens is 200 g/mol. The first-order chi connectivity index (χ1) is 7.78. The number of aromatic amines is 1. The average molecular weight is 208 g/mol. The molecule has 0 fully saturated rings. The molecule has 0 aliphatic rings. The van der Waals surface area contributed by atoms with Gasteiger partial charge >= 0.3 is 0 Å². The molecule has 1 heterocycles. The van der Waals surface area contributed by atoms with Crippen molar-refractivity contribution in [3.8, 4) is 12.1 Å². The largest absolute Gasteiger partial charge is 0.342 e. The second-order valence-electron chi connectivity index (χ2n) is 3.31. The lowest BCUT2D eigenvalue weighted by atomic mass is 10.1. The third kappa shape index (κ3) is 1.53. The van der Waals surface area contributed by atoms with E-state index in [2.05, 4.69) is 16.5 Å². The first kappa shape index (κ1) is 9.95. The third-order valence-electron chi connectivity index (χ3n) is 2.25. The highest BCUT2D eigenvalue weighted by Crippen LogP contribution is 2.17. The molecule has 0 bridgehead atoms. The van der Waals surface area contributed by atoms with E-state index in [0.717, 1.165) is 11.3 Å². The number of fused-ring (bicyclic) bond motifs is 1. The maximum absolute atomic E-state index is 8.87. The Morgan fingerprint density at radius 1 is 1.31 bits per heavy atom. The van der Waals surface area contributed by atoms with Gasteiger partial charge in [0.05, 0.1) is 22.2 Å². The van der Waals surface area contributed by atoms with Crippen LogP contribution in [0.25, 0.3) is 11.0 Å². The Bertz CT molecular complexity index is 586. The van der Waals surface area contributed by atoms with Crippen molar-refractivity contribution in [3.05, 3.63) is 41.7 Å². The van der Waals surface area contributed by atoms with E-state index in [0.29, 0.717) is 23.1 Å². The van der Waals surface area contributed by atoms with Crippen LogP contribution >= 0.6 is 0 Å². The zero-order chi connectivity index (χ0) is 11.5. The molecular formula is C12H8N4. The Kier molecular flexibility index (Phi) is 2.41. The highest BCUT2D eigenvalue weighted by molar-refractivity contribution is 5.79. The number of imidazole rings is 1. The first-order valence-electron chi connectivity index (χ1n) is 4.72. The molecule has 2 aromatic rings. The van der Waals surface area contributed by atoms with E-state index < -0.39 is 0 Å². The summed E-state index contributed by atoms with van der Waals surface area (Å²) in [7, 11) is 0. The fourth-order valence-electron chi connectivity index (χ4n) is 1.53. The van der Waals surface area contributed by atoms with Crippen molar-refractivity contribution in [2.75, 3.05) is 0 Å². The maximum Gasteiger partial charge on any atom is 0.111 e. The first-order valence-corrected chi connectivity index (χ1v) is 4.72. The van der Waals surface area contributed by atoms with Gasteiger partial charge in [0.1, 0.15) is 18.0 Å². The Balaban J connectivity index is 2.66. The van der Waals surface area contributed by atoms with E-state index in [1.54, 1.807) is 18.2 Å². The number of hydrogen-bond donors (Lipinski definition) is 1. The van der Waals surface area contributed by atoms with Crippen LogP contribution in [0.2, 0.25) is 0 Å². The van der Waals surface area contributed by atoms with E-state index in [4.69, 9.17) is 10.5 Å². The van der Waals surface area contributed by atoms with Gasteiger partial charge in [0.25, 0.3) is 0 Å². The molecule has 0 aliphatic carbocycles. The quantitative estimate of drug-likeness (QED) is 0.767. The van der Waals surface area contributed by atoms with Crippen molar-refractivity contribution >= 4 is 11.0 Å². The Hall–Kier alpha value is -2.59. The molecule has 4 nitrogen and oxygen atoms in total. The number of rotatable bonds is 2. The monoisotopic (exact) mass is 208 g/mol. The highest BCUT2D eigenvalue weighted by Gasteiger charge is 2.07. The molecule has 0 saturated carbocycles. The van der Waals surface area contributed by atoms with Gasteiger partial charge in [-0.1, -0.05) is 6.08 Å². The molecule has 0 saturated heterocycles. The van der Waals surface area contributed by atoms with Crippen LogP contribution in [-0.4, -0.2) is 9.97 Å². The van der Waals surface area contributed by atoms with Gasteiger partial charge in [0.15, 0.2) is 0 Å². The number of H-pyrrole nitrogens is 1. The SMILES string of the molecule is C=CCc1nc2cc(C#N)c(C#N)cc2[nH]1. The van der Waals surface area contributed by atoms with Crippen LogP contribution < -0.4 is 0 Å². The van der Waals surface area contributed by atoms with Crippen LogP contribution in [0, 0.1) is 22.7 Å². The van der Waals surface area contributed by atoms with Crippen molar-refractivity contribution < 1.29 is 0 Å². The lowest BCUT2D eigenvalue weighted by molar-refractivity contribution is 1.07. The van der Waals surface area contributed by atoms with Crippen LogP contribution in [-0.2, 0) is 6.42 Å². The number of nitrogens with one attached hydrogen (secondary N) is 1. The molecule has 4 heteroatoms. The zero-order valence-electron chi connectivity index (χ0n) is 8.49. The molecule has 1 aromatic heterocycles. The van der Waals surface area contributed by atoms with Crippen molar-refractivity contribution in [1.29, 1.82) is 10.5 Å². The highest BCUT2D eigenvalue weighted by atomic mass is 14.9. The van der Waals surface area contributed by atoms with Gasteiger partial charge < -0.3 is 4.98 Å². The van der Waals surface area contributed by atoms with Crippen molar-refractivity contribution in [1.82, 2.24) is 9.97 Å². The van der Waals surface area contributed by atoms with Crippen LogP contribution in [0.3, 0.4) is 0 Å². The molecule has 0 atom stereocenters. The van der Waals surface area contributed by atoms with Gasteiger partial charge in [-0.05, 0) is 12.1 Å². The summed E-state index contributed by atoms with van der Waals surface area (Å²) < 4.78 is 0. The second-order valence-corrected chi connectivity index (χ2v) is 3.31. The maximum atomic E-state index is 8.87. The zero-order valence-corrected chi connectivity index (χ0v) is 8.49. The normalized spacial score (nSPS) is 9.62. The summed E-state index contributed by atoms with van der Waals surface area (Å²) >= 11 is 0. The summed E-state index contributed by atoms with van der Waals surface area (Å²) in [6.45, 7) is 3.63. The summed E-state index contributed by atoms with van der Waals surface area (Å²) in [6.07, 6.45) is 2.38. The summed E-state index contributed by atoms with van der Waals surface area (Å²) in [5.74, 6) is 0.781. The van der Waals surface area contributed by atoms with Crippen LogP contribution in [0.15, 0.2) is 24.8 Å². The van der Waals surface area contributed by atoms with Gasteiger partial charge in [-0.3, -0.25) is 0 Å². The minimum absolute atomic E-state index is 0.353. The summed E-state index contributed by atoms with van der Waals surface area (Å²) in [5, 5.41) is 17.7. The number of nitriles is 2. The third-order valence-corrected chi connectivity index (χ3v) is 2.25. The lowest BCUT2D eigenvalue weighted by Gasteiger charge is -1.92. The fourth-order valence-corrected chi connectivity index (χ4v) is 1.53. The van der Waals surface area contributed by atoms with E-state index in [1.165, 1.54) is 0 Å². The smallest absolute Gasteiger partial charge is 0.111 e. The van der Waals surface area contributed by atoms with E-state index in [1.807, 2.05) is 12.1 Å². The molecule has 2 rings (SSSR count). The Morgan fingerprint density at radius 2 is 2.00 bits per heavy atom. The van der Waals surface area contributed by atoms with Crippen LogP contribution in [0.1, 0.15) is 17.0 Å². The molecule has 0 unspecified atom stereocenters. The molecule has 16 heavy (non-hydrogen) atoms. The van der Waals surface area contributed by atoms with Gasteiger partial charge in [0.2, 0.25) is 0 Å². The summed E-state index contributed by atoms with van der Waals surface area (Å²) in [4.78, 5) is 7.38. The van der Waals surface area contributed by atoms with E-state index in [9.17, 15) is 0 Å². The van der Waals surface area contributed by atoms with Crippen molar-refractivity contribution in [2.45, 2.75) is 6.42 Å². The Morgan fingerprint density at radius 3 is 2.62 bits per heavy atom. The van der Waals surface area contributed by atoms with Crippen molar-refractivity contribution in [3.63, 3.8) is 0 Å². The number of hydrogen-bond acceptors (Lipinski definition) is 3. The summed E-state index contributed by atoms with van der Waals surface area (Å²) in [6, 6.07) is 7.24. The molecule has 0 spiro atoms. The fraction of sp³-hybridized carbons (Fsp3) is 0.0833. The van der Waals surface area contributed by atoms with Crippen LogP contribution in [0.4, 0.5) is 0 Å². The van der Waals surface area contributed by atoms with Gasteiger partial charge in [0, 0.05) is 6.42 Å². The predicted octanol–water partition coefficient (Wildman–Crippen LogP) is 2.03. The topological polar surface area (TPSA) is 76.3 Å². The van der Waals surface area contributed by atoms with E-state index in [-0.39, 0.29) is 0 Å². The second kappa shape index (κ2) is 3.88. The lowest BCUT2D eigenvalue weighted by Crippen LogP contribution is -1.83. The molecule has 1 N–H and O–H groups in total. The van der Waals surface area contributed by atoms with Gasteiger partial charge in [-0.2, -0.15) is 10.5 Å². The minimum Gasteiger partial charge on any atom is -0.342 e. The standard InChI is InChI=1S/C12H8N4/c1-2-3-12-15-10-4-8(6-13)9(7-14)5-11(10)16-12/h2,4-5H,1,3H2,(H,15,16). The van der Waals surface area contributed by atoms with E-state index >= 15 is 0 Å². The molecule has 0 radical (unpaired) electrons. The average Bonchev–Trinajstić information content (AvgIpc) is 2.68. The molecule has 0 amide bonds. The number of aromatic nitrogens is 2. The number of nitrogens with zero attached hydrogens (tertiary/aromatic N) is 3. The number of allylic oxidation sites excluding steroid dienone is 1. The molecule has 0 aliphatic heterocycles. The number of benzene rings is 1. The molecule has 1 aromatic carbocycles. The van der Waals surface area contributed by atoms with Gasteiger partial charge in [-0.25, -0.2) is 4.98 Å². The summed E-state index contributed by atoms with van der Waals surface area (Å²) in [5.41, 5.74) is 2.19. The molecule has 76 valence electrons. The van der Waals surface area contributed by atoms with Gasteiger partial charge in [-0.15, -0.1) is 6.58 Å². The van der Waals surface area contributed by atoms with Crippen LogP contribution in [0.5, 0.6) is 0 Å². The predicted molar refractivity (Wildman–Crippen MR) is 59.4 cm³/mol. The minimum atomic E-state index is 0.353. The van der Waals surface area contributed by atoms with Crippen molar-refractivity contribution in [2.24, 2.45) is 0 Å². The Labute approximate surface area is 92.5 Å².